The SMILES string of the molecule is [B]c1cccc(CC2(C#N)CCNCC2)c1. The molecule has 1 aliphatic rings. The van der Waals surface area contributed by atoms with Gasteiger partial charge in [-0.25, -0.2) is 0 Å². The van der Waals surface area contributed by atoms with Gasteiger partial charge in [-0.2, -0.15) is 5.26 Å². The molecular weight excluding hydrogens is 195 g/mol. The number of nitrogens with zero attached hydrogens (tertiary/aromatic N) is 1. The van der Waals surface area contributed by atoms with Gasteiger partial charge in [0, 0.05) is 0 Å². The number of benzene rings is 1. The molecule has 1 heterocycles. The molecule has 0 aromatic heterocycles. The Labute approximate surface area is 98.1 Å². The van der Waals surface area contributed by atoms with Gasteiger partial charge in [0.15, 0.2) is 0 Å². The summed E-state index contributed by atoms with van der Waals surface area (Å²) in [7, 11) is 5.75. The Morgan fingerprint density at radius 2 is 2.12 bits per heavy atom. The summed E-state index contributed by atoms with van der Waals surface area (Å²) in [6.07, 6.45) is 2.67. The lowest BCUT2D eigenvalue weighted by molar-refractivity contribution is 0.280. The number of rotatable bonds is 2. The molecule has 80 valence electrons. The largest absolute Gasteiger partial charge is 0.317 e. The molecule has 1 aromatic rings. The molecule has 0 bridgehead atoms. The van der Waals surface area contributed by atoms with E-state index in [1.807, 2.05) is 18.2 Å². The van der Waals surface area contributed by atoms with E-state index in [0.717, 1.165) is 37.8 Å². The third-order valence-corrected chi connectivity index (χ3v) is 3.29. The van der Waals surface area contributed by atoms with E-state index < -0.39 is 0 Å². The molecule has 0 unspecified atom stereocenters. The van der Waals surface area contributed by atoms with Crippen LogP contribution in [0.1, 0.15) is 18.4 Å². The smallest absolute Gasteiger partial charge is 0.113 e. The van der Waals surface area contributed by atoms with Gasteiger partial charge in [-0.1, -0.05) is 29.7 Å². The Morgan fingerprint density at radius 3 is 2.75 bits per heavy atom. The fourth-order valence-electron chi connectivity index (χ4n) is 2.33. The molecule has 3 heteroatoms. The molecule has 1 fully saturated rings. The zero-order valence-corrected chi connectivity index (χ0v) is 9.37. The number of nitrogens with one attached hydrogen (secondary N) is 1. The van der Waals surface area contributed by atoms with Crippen molar-refractivity contribution in [1.29, 1.82) is 5.26 Å². The molecule has 2 rings (SSSR count). The fourth-order valence-corrected chi connectivity index (χ4v) is 2.33. The molecular formula is C13H15BN2. The maximum Gasteiger partial charge on any atom is 0.113 e. The van der Waals surface area contributed by atoms with Gasteiger partial charge in [0.1, 0.15) is 7.85 Å². The van der Waals surface area contributed by atoms with Crippen LogP contribution in [0.15, 0.2) is 24.3 Å². The molecule has 0 aliphatic carbocycles. The van der Waals surface area contributed by atoms with E-state index in [-0.39, 0.29) is 5.41 Å². The Balaban J connectivity index is 2.15. The van der Waals surface area contributed by atoms with Crippen LogP contribution in [0.3, 0.4) is 0 Å². The first-order valence-corrected chi connectivity index (χ1v) is 5.70. The van der Waals surface area contributed by atoms with Crippen LogP contribution < -0.4 is 10.8 Å². The van der Waals surface area contributed by atoms with Gasteiger partial charge in [-0.15, -0.1) is 0 Å². The van der Waals surface area contributed by atoms with Crippen LogP contribution in [-0.2, 0) is 6.42 Å². The minimum Gasteiger partial charge on any atom is -0.317 e. The number of hydrogen-bond acceptors (Lipinski definition) is 2. The van der Waals surface area contributed by atoms with Gasteiger partial charge < -0.3 is 5.32 Å². The maximum absolute atomic E-state index is 9.36. The van der Waals surface area contributed by atoms with Gasteiger partial charge in [0.05, 0.1) is 11.5 Å². The lowest BCUT2D eigenvalue weighted by Gasteiger charge is -2.31. The zero-order valence-electron chi connectivity index (χ0n) is 9.37. The van der Waals surface area contributed by atoms with Gasteiger partial charge in [-0.05, 0) is 37.9 Å². The Morgan fingerprint density at radius 1 is 1.38 bits per heavy atom. The second-order valence-electron chi connectivity index (χ2n) is 4.56. The van der Waals surface area contributed by atoms with Crippen molar-refractivity contribution in [2.75, 3.05) is 13.1 Å². The predicted octanol–water partition coefficient (Wildman–Crippen LogP) is 0.916. The summed E-state index contributed by atoms with van der Waals surface area (Å²) in [6.45, 7) is 1.88. The summed E-state index contributed by atoms with van der Waals surface area (Å²) < 4.78 is 0. The third kappa shape index (κ3) is 2.45. The van der Waals surface area contributed by atoms with Gasteiger partial charge in [0.2, 0.25) is 0 Å². The fraction of sp³-hybridized carbons (Fsp3) is 0.462. The molecule has 2 nitrogen and oxygen atoms in total. The van der Waals surface area contributed by atoms with E-state index >= 15 is 0 Å². The van der Waals surface area contributed by atoms with Crippen LogP contribution in [-0.4, -0.2) is 20.9 Å². The average Bonchev–Trinajstić information content (AvgIpc) is 2.30. The first-order chi connectivity index (χ1) is 7.74. The number of piperidine rings is 1. The summed E-state index contributed by atoms with van der Waals surface area (Å²) >= 11 is 0. The van der Waals surface area contributed by atoms with Crippen molar-refractivity contribution >= 4 is 13.3 Å². The molecule has 1 N–H and O–H groups in total. The average molecular weight is 210 g/mol. The number of hydrogen-bond donors (Lipinski definition) is 1. The Hall–Kier alpha value is -1.27. The van der Waals surface area contributed by atoms with Crippen molar-refractivity contribution < 1.29 is 0 Å². The normalized spacial score (nSPS) is 18.9. The summed E-state index contributed by atoms with van der Waals surface area (Å²) in [5.41, 5.74) is 1.75. The minimum atomic E-state index is -0.195. The Bertz CT molecular complexity index is 403. The topological polar surface area (TPSA) is 35.8 Å². The highest BCUT2D eigenvalue weighted by Crippen LogP contribution is 2.31. The van der Waals surface area contributed by atoms with Crippen LogP contribution in [0.4, 0.5) is 0 Å². The molecule has 0 atom stereocenters. The molecule has 16 heavy (non-hydrogen) atoms. The van der Waals surface area contributed by atoms with Gasteiger partial charge >= 0.3 is 0 Å². The Kier molecular flexibility index (Phi) is 3.31. The van der Waals surface area contributed by atoms with Crippen LogP contribution in [0.5, 0.6) is 0 Å². The molecule has 2 radical (unpaired) electrons. The highest BCUT2D eigenvalue weighted by molar-refractivity contribution is 6.32. The van der Waals surface area contributed by atoms with E-state index in [4.69, 9.17) is 7.85 Å². The molecule has 1 saturated heterocycles. The molecule has 0 spiro atoms. The molecule has 0 amide bonds. The molecule has 1 aliphatic heterocycles. The highest BCUT2D eigenvalue weighted by atomic mass is 14.9. The van der Waals surface area contributed by atoms with Crippen LogP contribution in [0.2, 0.25) is 0 Å². The van der Waals surface area contributed by atoms with Crippen LogP contribution in [0, 0.1) is 16.7 Å². The van der Waals surface area contributed by atoms with Crippen molar-refractivity contribution in [2.24, 2.45) is 5.41 Å². The van der Waals surface area contributed by atoms with E-state index in [2.05, 4.69) is 17.5 Å². The van der Waals surface area contributed by atoms with Crippen molar-refractivity contribution in [1.82, 2.24) is 5.32 Å². The van der Waals surface area contributed by atoms with E-state index in [9.17, 15) is 5.26 Å². The monoisotopic (exact) mass is 210 g/mol. The van der Waals surface area contributed by atoms with Gasteiger partial charge in [0.25, 0.3) is 0 Å². The van der Waals surface area contributed by atoms with Crippen molar-refractivity contribution in [3.05, 3.63) is 29.8 Å². The second kappa shape index (κ2) is 4.72. The number of nitriles is 1. The lowest BCUT2D eigenvalue weighted by atomic mass is 9.75. The van der Waals surface area contributed by atoms with Crippen LogP contribution >= 0.6 is 0 Å². The van der Waals surface area contributed by atoms with Gasteiger partial charge in [-0.3, -0.25) is 0 Å². The minimum absolute atomic E-state index is 0.195. The quantitative estimate of drug-likeness (QED) is 0.736. The van der Waals surface area contributed by atoms with Crippen molar-refractivity contribution in [3.8, 4) is 6.07 Å². The summed E-state index contributed by atoms with van der Waals surface area (Å²) in [5, 5.41) is 12.7. The maximum atomic E-state index is 9.36. The molecule has 1 aromatic carbocycles. The van der Waals surface area contributed by atoms with E-state index in [1.165, 1.54) is 5.56 Å². The van der Waals surface area contributed by atoms with Crippen molar-refractivity contribution in [3.63, 3.8) is 0 Å². The predicted molar refractivity (Wildman–Crippen MR) is 65.7 cm³/mol. The van der Waals surface area contributed by atoms with Crippen molar-refractivity contribution in [2.45, 2.75) is 19.3 Å². The highest BCUT2D eigenvalue weighted by Gasteiger charge is 2.31. The first kappa shape index (κ1) is 11.2. The summed E-state index contributed by atoms with van der Waals surface area (Å²) in [5.74, 6) is 0. The molecule has 0 saturated carbocycles. The second-order valence-corrected chi connectivity index (χ2v) is 4.56. The summed E-state index contributed by atoms with van der Waals surface area (Å²) in [4.78, 5) is 0. The summed E-state index contributed by atoms with van der Waals surface area (Å²) in [6, 6.07) is 10.4. The van der Waals surface area contributed by atoms with E-state index in [0.29, 0.717) is 0 Å². The van der Waals surface area contributed by atoms with Crippen LogP contribution in [0.25, 0.3) is 0 Å². The zero-order chi connectivity index (χ0) is 11.4. The van der Waals surface area contributed by atoms with E-state index in [1.54, 1.807) is 0 Å². The third-order valence-electron chi connectivity index (χ3n) is 3.29. The first-order valence-electron chi connectivity index (χ1n) is 5.70. The standard InChI is InChI=1S/C13H15BN2/c14-12-3-1-2-11(8-12)9-13(10-15)4-6-16-7-5-13/h1-3,8,16H,4-7,9H2. The lowest BCUT2D eigenvalue weighted by Crippen LogP contribution is -2.37.